The molecule has 4 aromatic carbocycles. The Morgan fingerprint density at radius 3 is 1.45 bits per heavy atom. The molecule has 0 aliphatic carbocycles. The fourth-order valence-electron chi connectivity index (χ4n) is 3.59. The van der Waals surface area contributed by atoms with E-state index < -0.39 is 9.84 Å². The average molecular weight is 459 g/mol. The molecule has 33 heavy (non-hydrogen) atoms. The quantitative estimate of drug-likeness (QED) is 0.306. The molecule has 0 saturated carbocycles. The van der Waals surface area contributed by atoms with Crippen molar-refractivity contribution >= 4 is 9.84 Å². The number of rotatable bonds is 7. The lowest BCUT2D eigenvalue weighted by atomic mass is 9.93. The summed E-state index contributed by atoms with van der Waals surface area (Å²) in [5.74, 6) is 2.34. The van der Waals surface area contributed by atoms with Crippen LogP contribution in [-0.2, 0) is 9.84 Å². The van der Waals surface area contributed by atoms with Crippen LogP contribution in [-0.4, -0.2) is 15.5 Å². The van der Waals surface area contributed by atoms with Gasteiger partial charge in [-0.25, -0.2) is 8.42 Å². The standard InChI is InChI=1S/C28H26O4S/c1-20-4-16-27(17-5-20)33(29,30)28-18-14-26(15-19-28)32-25-12-8-23(9-13-25)21(2)22-6-10-24(31-3)11-7-22/h4-19,21H,1-3H3. The molecule has 168 valence electrons. The fourth-order valence-corrected chi connectivity index (χ4v) is 4.85. The van der Waals surface area contributed by atoms with Gasteiger partial charge in [0.05, 0.1) is 16.9 Å². The van der Waals surface area contributed by atoms with Gasteiger partial charge in [-0.2, -0.15) is 0 Å². The zero-order valence-electron chi connectivity index (χ0n) is 18.9. The molecule has 1 atom stereocenters. The van der Waals surface area contributed by atoms with E-state index in [1.54, 1.807) is 55.6 Å². The van der Waals surface area contributed by atoms with E-state index in [1.807, 2.05) is 43.3 Å². The summed E-state index contributed by atoms with van der Waals surface area (Å²) in [6, 6.07) is 29.3. The fraction of sp³-hybridized carbons (Fsp3) is 0.143. The molecule has 0 radical (unpaired) electrons. The van der Waals surface area contributed by atoms with Crippen molar-refractivity contribution in [2.75, 3.05) is 7.11 Å². The van der Waals surface area contributed by atoms with Crippen molar-refractivity contribution in [2.45, 2.75) is 29.6 Å². The van der Waals surface area contributed by atoms with Crippen LogP contribution >= 0.6 is 0 Å². The van der Waals surface area contributed by atoms with Crippen molar-refractivity contribution in [2.24, 2.45) is 0 Å². The Morgan fingerprint density at radius 1 is 0.606 bits per heavy atom. The van der Waals surface area contributed by atoms with Gasteiger partial charge >= 0.3 is 0 Å². The van der Waals surface area contributed by atoms with E-state index >= 15 is 0 Å². The van der Waals surface area contributed by atoms with Crippen LogP contribution in [0.15, 0.2) is 107 Å². The van der Waals surface area contributed by atoms with Crippen LogP contribution < -0.4 is 9.47 Å². The molecular formula is C28H26O4S. The van der Waals surface area contributed by atoms with Crippen molar-refractivity contribution in [3.8, 4) is 17.2 Å². The summed E-state index contributed by atoms with van der Waals surface area (Å²) in [6.07, 6.45) is 0. The summed E-state index contributed by atoms with van der Waals surface area (Å²) in [6.45, 7) is 4.08. The lowest BCUT2D eigenvalue weighted by molar-refractivity contribution is 0.414. The van der Waals surface area contributed by atoms with E-state index in [1.165, 1.54) is 11.1 Å². The van der Waals surface area contributed by atoms with Gasteiger partial charge in [0.2, 0.25) is 9.84 Å². The van der Waals surface area contributed by atoms with Gasteiger partial charge in [-0.3, -0.25) is 0 Å². The third kappa shape index (κ3) is 5.10. The molecule has 0 aliphatic rings. The van der Waals surface area contributed by atoms with Gasteiger partial charge in [0.15, 0.2) is 0 Å². The molecule has 4 rings (SSSR count). The van der Waals surface area contributed by atoms with E-state index in [4.69, 9.17) is 9.47 Å². The first-order valence-electron chi connectivity index (χ1n) is 10.7. The zero-order chi connectivity index (χ0) is 23.4. The predicted molar refractivity (Wildman–Crippen MR) is 130 cm³/mol. The molecular weight excluding hydrogens is 432 g/mol. The normalized spacial score (nSPS) is 12.2. The largest absolute Gasteiger partial charge is 0.497 e. The maximum atomic E-state index is 12.8. The smallest absolute Gasteiger partial charge is 0.206 e. The highest BCUT2D eigenvalue weighted by Gasteiger charge is 2.17. The Bertz CT molecular complexity index is 1310. The minimum absolute atomic E-state index is 0.233. The van der Waals surface area contributed by atoms with Crippen molar-refractivity contribution in [1.82, 2.24) is 0 Å². The lowest BCUT2D eigenvalue weighted by Gasteiger charge is -2.14. The van der Waals surface area contributed by atoms with Crippen molar-refractivity contribution in [1.29, 1.82) is 0 Å². The highest BCUT2D eigenvalue weighted by Crippen LogP contribution is 2.30. The number of benzene rings is 4. The first-order chi connectivity index (χ1) is 15.9. The van der Waals surface area contributed by atoms with Gasteiger partial charge in [0.25, 0.3) is 0 Å². The lowest BCUT2D eigenvalue weighted by Crippen LogP contribution is -2.01. The Labute approximate surface area is 195 Å². The molecule has 0 heterocycles. The molecule has 4 aromatic rings. The first kappa shape index (κ1) is 22.6. The Morgan fingerprint density at radius 2 is 1.00 bits per heavy atom. The van der Waals surface area contributed by atoms with Crippen LogP contribution in [0.3, 0.4) is 0 Å². The summed E-state index contributed by atoms with van der Waals surface area (Å²) in [5.41, 5.74) is 3.39. The van der Waals surface area contributed by atoms with Crippen LogP contribution in [0.1, 0.15) is 29.5 Å². The Kier molecular flexibility index (Phi) is 6.52. The van der Waals surface area contributed by atoms with E-state index in [-0.39, 0.29) is 15.7 Å². The monoisotopic (exact) mass is 458 g/mol. The maximum absolute atomic E-state index is 12.8. The average Bonchev–Trinajstić information content (AvgIpc) is 2.85. The van der Waals surface area contributed by atoms with Gasteiger partial charge in [-0.05, 0) is 78.7 Å². The van der Waals surface area contributed by atoms with Gasteiger partial charge in [0.1, 0.15) is 17.2 Å². The van der Waals surface area contributed by atoms with Crippen molar-refractivity contribution < 1.29 is 17.9 Å². The number of ether oxygens (including phenoxy) is 2. The summed E-state index contributed by atoms with van der Waals surface area (Å²) >= 11 is 0. The second-order valence-electron chi connectivity index (χ2n) is 7.95. The molecule has 0 bridgehead atoms. The highest BCUT2D eigenvalue weighted by atomic mass is 32.2. The SMILES string of the molecule is COc1ccc(C(C)c2ccc(Oc3ccc(S(=O)(=O)c4ccc(C)cc4)cc3)cc2)cc1. The number of methoxy groups -OCH3 is 1. The number of aryl methyl sites for hydroxylation is 1. The highest BCUT2D eigenvalue weighted by molar-refractivity contribution is 7.91. The molecule has 0 aromatic heterocycles. The van der Waals surface area contributed by atoms with E-state index in [0.29, 0.717) is 11.5 Å². The third-order valence-corrected chi connectivity index (χ3v) is 7.48. The summed E-state index contributed by atoms with van der Waals surface area (Å²) in [5, 5.41) is 0. The van der Waals surface area contributed by atoms with Gasteiger partial charge < -0.3 is 9.47 Å². The number of sulfone groups is 1. The van der Waals surface area contributed by atoms with Crippen LogP contribution in [0.2, 0.25) is 0 Å². The Hall–Kier alpha value is -3.57. The molecule has 0 amide bonds. The molecule has 4 nitrogen and oxygen atoms in total. The second-order valence-corrected chi connectivity index (χ2v) is 9.90. The molecule has 0 aliphatic heterocycles. The third-order valence-electron chi connectivity index (χ3n) is 5.70. The molecule has 0 N–H and O–H groups in total. The van der Waals surface area contributed by atoms with E-state index in [9.17, 15) is 8.42 Å². The molecule has 1 unspecified atom stereocenters. The summed E-state index contributed by atoms with van der Waals surface area (Å²) < 4.78 is 36.8. The molecule has 0 spiro atoms. The van der Waals surface area contributed by atoms with Crippen molar-refractivity contribution in [3.05, 3.63) is 114 Å². The second kappa shape index (κ2) is 9.51. The summed E-state index contributed by atoms with van der Waals surface area (Å²) in [7, 11) is -1.89. The predicted octanol–water partition coefficient (Wildman–Crippen LogP) is 6.78. The maximum Gasteiger partial charge on any atom is 0.206 e. The zero-order valence-corrected chi connectivity index (χ0v) is 19.7. The topological polar surface area (TPSA) is 52.6 Å². The van der Waals surface area contributed by atoms with Crippen LogP contribution in [0, 0.1) is 6.92 Å². The molecule has 5 heteroatoms. The minimum Gasteiger partial charge on any atom is -0.497 e. The van der Waals surface area contributed by atoms with Gasteiger partial charge in [-0.15, -0.1) is 0 Å². The number of hydrogen-bond donors (Lipinski definition) is 0. The van der Waals surface area contributed by atoms with E-state index in [0.717, 1.165) is 11.3 Å². The minimum atomic E-state index is -3.55. The molecule has 0 fully saturated rings. The summed E-state index contributed by atoms with van der Waals surface area (Å²) in [4.78, 5) is 0.519. The van der Waals surface area contributed by atoms with E-state index in [2.05, 4.69) is 19.1 Å². The van der Waals surface area contributed by atoms with Crippen LogP contribution in [0.25, 0.3) is 0 Å². The number of hydrogen-bond acceptors (Lipinski definition) is 4. The van der Waals surface area contributed by atoms with Crippen LogP contribution in [0.4, 0.5) is 0 Å². The van der Waals surface area contributed by atoms with Crippen LogP contribution in [0.5, 0.6) is 17.2 Å². The molecule has 0 saturated heterocycles. The first-order valence-corrected chi connectivity index (χ1v) is 12.2. The Balaban J connectivity index is 1.45. The van der Waals surface area contributed by atoms with Gasteiger partial charge in [-0.1, -0.05) is 48.9 Å². The van der Waals surface area contributed by atoms with Crippen molar-refractivity contribution in [3.63, 3.8) is 0 Å². The van der Waals surface area contributed by atoms with Gasteiger partial charge in [0, 0.05) is 5.92 Å².